The molecular weight excluding hydrogens is 305 g/mol. The smallest absolute Gasteiger partial charge is 0.339 e. The van der Waals surface area contributed by atoms with Crippen molar-refractivity contribution in [1.29, 1.82) is 0 Å². The van der Waals surface area contributed by atoms with Gasteiger partial charge in [-0.1, -0.05) is 6.07 Å². The number of likely N-dealkylation sites (tertiary alicyclic amines) is 2. The largest absolute Gasteiger partial charge is 0.416 e. The van der Waals surface area contributed by atoms with Gasteiger partial charge in [0.05, 0.1) is 5.56 Å². The van der Waals surface area contributed by atoms with E-state index in [2.05, 4.69) is 11.9 Å². The summed E-state index contributed by atoms with van der Waals surface area (Å²) >= 11 is 0. The molecule has 3 rings (SSSR count). The Bertz CT molecular complexity index is 592. The highest BCUT2D eigenvalue weighted by atomic mass is 19.4. The summed E-state index contributed by atoms with van der Waals surface area (Å²) in [7, 11) is 2.11. The van der Waals surface area contributed by atoms with Crippen LogP contribution >= 0.6 is 0 Å². The van der Waals surface area contributed by atoms with Gasteiger partial charge < -0.3 is 9.80 Å². The second-order valence-corrected chi connectivity index (χ2v) is 6.86. The first-order valence-electron chi connectivity index (χ1n) is 7.94. The number of nitrogens with zero attached hydrogens (tertiary/aromatic N) is 2. The fraction of sp³-hybridized carbons (Fsp3) is 0.588. The maximum atomic E-state index is 12.8. The standard InChI is InChI=1S/C17H21F3N2O/c1-21-8-5-16(12-21)6-9-22(10-7-16)15(23)13-3-2-4-14(11-13)17(18,19)20/h2-4,11H,5-10,12H2,1H3. The number of alkyl halides is 3. The average Bonchev–Trinajstić information content (AvgIpc) is 2.87. The van der Waals surface area contributed by atoms with Gasteiger partial charge in [-0.3, -0.25) is 4.79 Å². The quantitative estimate of drug-likeness (QED) is 0.791. The van der Waals surface area contributed by atoms with Crippen molar-refractivity contribution >= 4 is 5.91 Å². The second-order valence-electron chi connectivity index (χ2n) is 6.86. The van der Waals surface area contributed by atoms with Crippen LogP contribution in [-0.2, 0) is 6.18 Å². The highest BCUT2D eigenvalue weighted by Crippen LogP contribution is 2.40. The van der Waals surface area contributed by atoms with Gasteiger partial charge in [-0.05, 0) is 56.5 Å². The Balaban J connectivity index is 1.68. The first-order valence-corrected chi connectivity index (χ1v) is 7.94. The molecule has 0 unspecified atom stereocenters. The zero-order valence-electron chi connectivity index (χ0n) is 13.2. The van der Waals surface area contributed by atoms with E-state index in [0.717, 1.165) is 44.5 Å². The number of halogens is 3. The molecule has 0 aliphatic carbocycles. The summed E-state index contributed by atoms with van der Waals surface area (Å²) in [4.78, 5) is 16.5. The summed E-state index contributed by atoms with van der Waals surface area (Å²) in [6, 6.07) is 4.71. The van der Waals surface area contributed by atoms with Gasteiger partial charge in [0, 0.05) is 25.2 Å². The average molecular weight is 326 g/mol. The summed E-state index contributed by atoms with van der Waals surface area (Å²) in [5.74, 6) is -0.294. The minimum absolute atomic E-state index is 0.124. The molecule has 0 radical (unpaired) electrons. The molecular formula is C17H21F3N2O. The predicted molar refractivity (Wildman–Crippen MR) is 81.1 cm³/mol. The van der Waals surface area contributed by atoms with Crippen molar-refractivity contribution in [2.45, 2.75) is 25.4 Å². The van der Waals surface area contributed by atoms with Crippen LogP contribution in [0.2, 0.25) is 0 Å². The lowest BCUT2D eigenvalue weighted by molar-refractivity contribution is -0.137. The Hall–Kier alpha value is -1.56. The zero-order chi connectivity index (χ0) is 16.7. The minimum atomic E-state index is -4.42. The van der Waals surface area contributed by atoms with Gasteiger partial charge in [0.15, 0.2) is 0 Å². The number of amides is 1. The summed E-state index contributed by atoms with van der Waals surface area (Å²) in [5.41, 5.74) is -0.354. The third-order valence-corrected chi connectivity index (χ3v) is 5.18. The lowest BCUT2D eigenvalue weighted by Crippen LogP contribution is -2.44. The molecule has 0 aromatic heterocycles. The summed E-state index contributed by atoms with van der Waals surface area (Å²) < 4.78 is 38.3. The summed E-state index contributed by atoms with van der Waals surface area (Å²) in [6.45, 7) is 3.39. The number of piperidine rings is 1. The molecule has 2 heterocycles. The Kier molecular flexibility index (Phi) is 4.12. The van der Waals surface area contributed by atoms with Crippen LogP contribution < -0.4 is 0 Å². The van der Waals surface area contributed by atoms with Gasteiger partial charge >= 0.3 is 6.18 Å². The van der Waals surface area contributed by atoms with Crippen LogP contribution in [0.5, 0.6) is 0 Å². The highest BCUT2D eigenvalue weighted by Gasteiger charge is 2.40. The van der Waals surface area contributed by atoms with E-state index < -0.39 is 11.7 Å². The van der Waals surface area contributed by atoms with E-state index in [4.69, 9.17) is 0 Å². The monoisotopic (exact) mass is 326 g/mol. The maximum absolute atomic E-state index is 12.8. The van der Waals surface area contributed by atoms with Gasteiger partial charge in [0.1, 0.15) is 0 Å². The van der Waals surface area contributed by atoms with Crippen molar-refractivity contribution in [3.05, 3.63) is 35.4 Å². The van der Waals surface area contributed by atoms with Crippen LogP contribution in [0.3, 0.4) is 0 Å². The number of hydrogen-bond acceptors (Lipinski definition) is 2. The van der Waals surface area contributed by atoms with Crippen LogP contribution in [0, 0.1) is 5.41 Å². The fourth-order valence-corrected chi connectivity index (χ4v) is 3.76. The van der Waals surface area contributed by atoms with Crippen molar-refractivity contribution in [2.24, 2.45) is 5.41 Å². The van der Waals surface area contributed by atoms with E-state index in [1.807, 2.05) is 0 Å². The number of hydrogen-bond donors (Lipinski definition) is 0. The molecule has 126 valence electrons. The lowest BCUT2D eigenvalue weighted by Gasteiger charge is -2.39. The van der Waals surface area contributed by atoms with Gasteiger partial charge in [0.2, 0.25) is 0 Å². The van der Waals surface area contributed by atoms with Gasteiger partial charge in [0.25, 0.3) is 5.91 Å². The van der Waals surface area contributed by atoms with E-state index in [0.29, 0.717) is 18.5 Å². The third kappa shape index (κ3) is 3.37. The van der Waals surface area contributed by atoms with E-state index in [1.165, 1.54) is 12.1 Å². The number of rotatable bonds is 1. The first-order chi connectivity index (χ1) is 10.8. The van der Waals surface area contributed by atoms with E-state index in [9.17, 15) is 18.0 Å². The second kappa shape index (κ2) is 5.82. The fourth-order valence-electron chi connectivity index (χ4n) is 3.76. The van der Waals surface area contributed by atoms with Crippen molar-refractivity contribution in [1.82, 2.24) is 9.80 Å². The Labute approximate surface area is 134 Å². The summed E-state index contributed by atoms with van der Waals surface area (Å²) in [6.07, 6.45) is -1.41. The van der Waals surface area contributed by atoms with Crippen LogP contribution in [0.15, 0.2) is 24.3 Å². The lowest BCUT2D eigenvalue weighted by atomic mass is 9.77. The first kappa shape index (κ1) is 16.3. The third-order valence-electron chi connectivity index (χ3n) is 5.18. The molecule has 2 aliphatic heterocycles. The van der Waals surface area contributed by atoms with E-state index in [-0.39, 0.29) is 11.5 Å². The number of benzene rings is 1. The SMILES string of the molecule is CN1CCC2(CCN(C(=O)c3cccc(C(F)(F)F)c3)CC2)C1. The topological polar surface area (TPSA) is 23.6 Å². The number of carbonyl (C=O) groups excluding carboxylic acids is 1. The van der Waals surface area contributed by atoms with Crippen LogP contribution in [0.25, 0.3) is 0 Å². The van der Waals surface area contributed by atoms with E-state index >= 15 is 0 Å². The molecule has 6 heteroatoms. The Morgan fingerprint density at radius 2 is 1.78 bits per heavy atom. The minimum Gasteiger partial charge on any atom is -0.339 e. The molecule has 1 spiro atoms. The Morgan fingerprint density at radius 3 is 2.35 bits per heavy atom. The Morgan fingerprint density at radius 1 is 1.13 bits per heavy atom. The predicted octanol–water partition coefficient (Wildman–Crippen LogP) is 3.26. The molecule has 2 aliphatic rings. The summed E-state index contributed by atoms with van der Waals surface area (Å²) in [5, 5.41) is 0. The normalized spacial score (nSPS) is 21.8. The molecule has 1 amide bonds. The molecule has 3 nitrogen and oxygen atoms in total. The number of carbonyl (C=O) groups is 1. The molecule has 23 heavy (non-hydrogen) atoms. The molecule has 1 aromatic rings. The maximum Gasteiger partial charge on any atom is 0.416 e. The molecule has 0 bridgehead atoms. The van der Waals surface area contributed by atoms with Gasteiger partial charge in [-0.15, -0.1) is 0 Å². The van der Waals surface area contributed by atoms with Crippen LogP contribution in [-0.4, -0.2) is 48.9 Å². The molecule has 2 fully saturated rings. The molecule has 0 saturated carbocycles. The van der Waals surface area contributed by atoms with Crippen molar-refractivity contribution in [3.63, 3.8) is 0 Å². The highest BCUT2D eigenvalue weighted by molar-refractivity contribution is 5.94. The van der Waals surface area contributed by atoms with Crippen molar-refractivity contribution in [3.8, 4) is 0 Å². The molecule has 0 atom stereocenters. The molecule has 0 N–H and O–H groups in total. The van der Waals surface area contributed by atoms with Crippen LogP contribution in [0.1, 0.15) is 35.2 Å². The van der Waals surface area contributed by atoms with Crippen LogP contribution in [0.4, 0.5) is 13.2 Å². The van der Waals surface area contributed by atoms with Gasteiger partial charge in [-0.25, -0.2) is 0 Å². The molecule has 2 saturated heterocycles. The van der Waals surface area contributed by atoms with Crippen molar-refractivity contribution in [2.75, 3.05) is 33.2 Å². The zero-order valence-corrected chi connectivity index (χ0v) is 13.2. The van der Waals surface area contributed by atoms with E-state index in [1.54, 1.807) is 4.90 Å². The van der Waals surface area contributed by atoms with Gasteiger partial charge in [-0.2, -0.15) is 13.2 Å². The van der Waals surface area contributed by atoms with Crippen molar-refractivity contribution < 1.29 is 18.0 Å². The molecule has 1 aromatic carbocycles.